The maximum absolute atomic E-state index is 13.1. The number of aromatic nitrogens is 1. The van der Waals surface area contributed by atoms with E-state index in [-0.39, 0.29) is 29.7 Å². The Morgan fingerprint density at radius 2 is 1.93 bits per heavy atom. The first-order valence-corrected chi connectivity index (χ1v) is 11.8. The number of nitrogens with zero attached hydrogens (tertiary/aromatic N) is 3. The number of benzene rings is 1. The summed E-state index contributed by atoms with van der Waals surface area (Å²) >= 11 is 3.77. The van der Waals surface area contributed by atoms with Gasteiger partial charge in [-0.25, -0.2) is 0 Å². The van der Waals surface area contributed by atoms with Gasteiger partial charge < -0.3 is 4.90 Å². The van der Waals surface area contributed by atoms with Crippen LogP contribution in [0.2, 0.25) is 0 Å². The molecular weight excluding hydrogens is 442 g/mol. The summed E-state index contributed by atoms with van der Waals surface area (Å²) in [5, 5.41) is 1.17. The van der Waals surface area contributed by atoms with Gasteiger partial charge in [-0.1, -0.05) is 18.2 Å². The molecule has 2 aromatic rings. The smallest absolute Gasteiger partial charge is 0.235 e. The summed E-state index contributed by atoms with van der Waals surface area (Å²) in [6, 6.07) is 6.48. The van der Waals surface area contributed by atoms with Crippen LogP contribution in [-0.2, 0) is 11.2 Å². The molecule has 2 atom stereocenters. The minimum atomic E-state index is -0.128. The van der Waals surface area contributed by atoms with Crippen LogP contribution in [0.1, 0.15) is 42.6 Å². The van der Waals surface area contributed by atoms with Gasteiger partial charge in [0.25, 0.3) is 0 Å². The van der Waals surface area contributed by atoms with Gasteiger partial charge in [-0.3, -0.25) is 19.1 Å². The fraction of sp³-hybridized carbons (Fsp3) is 0.500. The van der Waals surface area contributed by atoms with E-state index in [2.05, 4.69) is 46.1 Å². The van der Waals surface area contributed by atoms with Crippen LogP contribution in [0, 0.1) is 11.8 Å². The van der Waals surface area contributed by atoms with Gasteiger partial charge in [0.2, 0.25) is 11.8 Å². The van der Waals surface area contributed by atoms with Crippen LogP contribution in [0.25, 0.3) is 16.5 Å². The largest absolute Gasteiger partial charge is 0.343 e. The van der Waals surface area contributed by atoms with E-state index in [0.717, 1.165) is 49.0 Å². The second kappa shape index (κ2) is 7.34. The van der Waals surface area contributed by atoms with Crippen molar-refractivity contribution in [2.75, 3.05) is 26.7 Å². The van der Waals surface area contributed by atoms with E-state index >= 15 is 0 Å². The predicted octanol–water partition coefficient (Wildman–Crippen LogP) is 4.19. The zero-order valence-electron chi connectivity index (χ0n) is 17.8. The highest BCUT2D eigenvalue weighted by Gasteiger charge is 2.40. The maximum Gasteiger partial charge on any atom is 0.235 e. The van der Waals surface area contributed by atoms with Crippen LogP contribution in [0.4, 0.5) is 0 Å². The highest BCUT2D eigenvalue weighted by Crippen LogP contribution is 2.46. The summed E-state index contributed by atoms with van der Waals surface area (Å²) in [7, 11) is 2.12. The van der Waals surface area contributed by atoms with E-state index in [0.29, 0.717) is 0 Å². The van der Waals surface area contributed by atoms with Crippen LogP contribution >= 0.6 is 15.9 Å². The lowest BCUT2D eigenvalue weighted by atomic mass is 9.79. The number of rotatable bonds is 4. The number of carbonyl (C=O) groups is 2. The van der Waals surface area contributed by atoms with E-state index in [4.69, 9.17) is 0 Å². The van der Waals surface area contributed by atoms with E-state index in [1.54, 1.807) is 0 Å². The summed E-state index contributed by atoms with van der Waals surface area (Å²) < 4.78 is 2.80. The normalized spacial score (nSPS) is 23.3. The Morgan fingerprint density at radius 3 is 2.60 bits per heavy atom. The number of carbonyl (C=O) groups excluding carboxylic acids is 2. The lowest BCUT2D eigenvalue weighted by molar-refractivity contribution is -0.134. The van der Waals surface area contributed by atoms with Gasteiger partial charge in [0.1, 0.15) is 0 Å². The van der Waals surface area contributed by atoms with Gasteiger partial charge in [0.05, 0.1) is 16.0 Å². The lowest BCUT2D eigenvalue weighted by Crippen LogP contribution is -2.47. The molecule has 0 bridgehead atoms. The predicted molar refractivity (Wildman–Crippen MR) is 123 cm³/mol. The zero-order chi connectivity index (χ0) is 21.2. The van der Waals surface area contributed by atoms with Crippen molar-refractivity contribution in [3.05, 3.63) is 40.0 Å². The van der Waals surface area contributed by atoms with Crippen molar-refractivity contribution in [1.29, 1.82) is 0 Å². The van der Waals surface area contributed by atoms with Gasteiger partial charge in [0, 0.05) is 37.0 Å². The molecule has 0 spiro atoms. The molecule has 5 rings (SSSR count). The third-order valence-corrected chi connectivity index (χ3v) is 7.87. The molecule has 1 saturated carbocycles. The summed E-state index contributed by atoms with van der Waals surface area (Å²) in [6.07, 6.45) is 5.04. The van der Waals surface area contributed by atoms with Crippen molar-refractivity contribution in [1.82, 2.24) is 14.4 Å². The number of amides is 1. The second-order valence-electron chi connectivity index (χ2n) is 8.82. The maximum atomic E-state index is 13.1. The summed E-state index contributed by atoms with van der Waals surface area (Å²) in [5.74, 6) is 0.446. The van der Waals surface area contributed by atoms with Gasteiger partial charge in [-0.15, -0.1) is 0 Å². The minimum Gasteiger partial charge on any atom is -0.343 e. The van der Waals surface area contributed by atoms with Crippen LogP contribution in [0.5, 0.6) is 0 Å². The van der Waals surface area contributed by atoms with Gasteiger partial charge in [-0.05, 0) is 78.9 Å². The first-order chi connectivity index (χ1) is 14.5. The number of hydrogen-bond acceptors (Lipinski definition) is 3. The second-order valence-corrected chi connectivity index (χ2v) is 9.57. The molecule has 1 aliphatic heterocycles. The third-order valence-electron chi connectivity index (χ3n) is 7.03. The monoisotopic (exact) mass is 469 g/mol. The van der Waals surface area contributed by atoms with Crippen molar-refractivity contribution >= 4 is 44.2 Å². The fourth-order valence-electron chi connectivity index (χ4n) is 5.25. The molecule has 0 saturated heterocycles. The molecule has 2 heterocycles. The SMILES string of the molecule is CCN(CC)C(=O)[C@@H]1C=C2c3cccc4c3c(c(Br)n4C(=O)C3CC3)C[C@H]2N(C)C1. The van der Waals surface area contributed by atoms with Crippen molar-refractivity contribution in [3.8, 4) is 0 Å². The highest BCUT2D eigenvalue weighted by atomic mass is 79.9. The first kappa shape index (κ1) is 20.0. The van der Waals surface area contributed by atoms with E-state index in [9.17, 15) is 9.59 Å². The Labute approximate surface area is 185 Å². The number of fused-ring (bicyclic) bond motifs is 2. The Bertz CT molecular complexity index is 1080. The van der Waals surface area contributed by atoms with Crippen LogP contribution < -0.4 is 0 Å². The standard InChI is InChI=1S/C24H28BrN3O2/c1-4-27(5-2)23(29)15-11-17-16-7-6-8-19-21(16)18(12-20(17)26(3)13-15)22(25)28(19)24(30)14-9-10-14/h6-8,11,14-15,20H,4-5,9-10,12-13H2,1-3H3/t15-,20-/m1/s1. The first-order valence-electron chi connectivity index (χ1n) is 11.0. The molecule has 158 valence electrons. The van der Waals surface area contributed by atoms with Crippen LogP contribution in [0.3, 0.4) is 0 Å². The molecule has 3 aliphatic rings. The van der Waals surface area contributed by atoms with E-state index in [1.165, 1.54) is 22.1 Å². The third kappa shape index (κ3) is 2.91. The molecule has 6 heteroatoms. The summed E-state index contributed by atoms with van der Waals surface area (Å²) in [6.45, 7) is 6.28. The molecule has 0 unspecified atom stereocenters. The fourth-order valence-corrected chi connectivity index (χ4v) is 5.97. The molecule has 2 aliphatic carbocycles. The average molecular weight is 470 g/mol. The van der Waals surface area contributed by atoms with Gasteiger partial charge >= 0.3 is 0 Å². The molecule has 1 aromatic carbocycles. The molecule has 30 heavy (non-hydrogen) atoms. The Morgan fingerprint density at radius 1 is 1.20 bits per heavy atom. The molecule has 5 nitrogen and oxygen atoms in total. The van der Waals surface area contributed by atoms with E-state index < -0.39 is 0 Å². The molecule has 0 N–H and O–H groups in total. The van der Waals surface area contributed by atoms with Crippen molar-refractivity contribution in [2.45, 2.75) is 39.2 Å². The Kier molecular flexibility index (Phi) is 4.90. The lowest BCUT2D eigenvalue weighted by Gasteiger charge is -2.40. The van der Waals surface area contributed by atoms with Crippen LogP contribution in [0.15, 0.2) is 28.9 Å². The van der Waals surface area contributed by atoms with Crippen molar-refractivity contribution < 1.29 is 9.59 Å². The Hall–Kier alpha value is -1.92. The van der Waals surface area contributed by atoms with Gasteiger partial charge in [-0.2, -0.15) is 0 Å². The Balaban J connectivity index is 1.65. The van der Waals surface area contributed by atoms with Crippen LogP contribution in [-0.4, -0.2) is 58.9 Å². The zero-order valence-corrected chi connectivity index (χ0v) is 19.4. The molecule has 0 radical (unpaired) electrons. The summed E-state index contributed by atoms with van der Waals surface area (Å²) in [5.41, 5.74) is 4.61. The molecular formula is C24H28BrN3O2. The quantitative estimate of drug-likeness (QED) is 0.673. The number of halogens is 1. The van der Waals surface area contributed by atoms with E-state index in [1.807, 2.05) is 29.4 Å². The number of hydrogen-bond donors (Lipinski definition) is 0. The molecule has 1 fully saturated rings. The number of likely N-dealkylation sites (N-methyl/N-ethyl adjacent to an activating group) is 1. The topological polar surface area (TPSA) is 45.6 Å². The van der Waals surface area contributed by atoms with Crippen molar-refractivity contribution in [2.24, 2.45) is 11.8 Å². The molecule has 1 amide bonds. The minimum absolute atomic E-state index is 0.128. The molecule has 1 aromatic heterocycles. The van der Waals surface area contributed by atoms with Crippen molar-refractivity contribution in [3.63, 3.8) is 0 Å². The highest BCUT2D eigenvalue weighted by molar-refractivity contribution is 9.10. The summed E-state index contributed by atoms with van der Waals surface area (Å²) in [4.78, 5) is 30.4. The van der Waals surface area contributed by atoms with Gasteiger partial charge in [0.15, 0.2) is 0 Å². The average Bonchev–Trinajstić information content (AvgIpc) is 3.55.